The number of nitrogens with two attached hydrogens (primary N) is 1. The van der Waals surface area contributed by atoms with Crippen LogP contribution in [0.3, 0.4) is 0 Å². The number of terminal acetylenes is 1. The van der Waals surface area contributed by atoms with Gasteiger partial charge in [-0.2, -0.15) is 19.4 Å². The van der Waals surface area contributed by atoms with Gasteiger partial charge in [0.25, 0.3) is 0 Å². The third-order valence-corrected chi connectivity index (χ3v) is 11.6. The van der Waals surface area contributed by atoms with Gasteiger partial charge in [0.15, 0.2) is 22.6 Å². The van der Waals surface area contributed by atoms with Gasteiger partial charge in [-0.1, -0.05) is 115 Å². The van der Waals surface area contributed by atoms with E-state index in [4.69, 9.17) is 30.7 Å². The fourth-order valence-electron chi connectivity index (χ4n) is 6.71. The first kappa shape index (κ1) is 44.1. The van der Waals surface area contributed by atoms with Crippen molar-refractivity contribution >= 4 is 30.7 Å². The molecule has 4 N–H and O–H groups in total. The van der Waals surface area contributed by atoms with Crippen molar-refractivity contribution < 1.29 is 37.4 Å². The van der Waals surface area contributed by atoms with Gasteiger partial charge in [-0.05, 0) is 44.7 Å². The molecule has 1 fully saturated rings. The molecule has 5 atom stereocenters. The number of ether oxygens (including phenoxy) is 2. The van der Waals surface area contributed by atoms with Crippen molar-refractivity contribution in [3.63, 3.8) is 0 Å². The zero-order valence-electron chi connectivity index (χ0n) is 32.7. The first-order chi connectivity index (χ1) is 26.5. The number of nitrogen functional groups attached to an aromatic ring is 1. The van der Waals surface area contributed by atoms with Gasteiger partial charge in [-0.15, -0.1) is 6.42 Å². The highest BCUT2D eigenvalue weighted by Gasteiger charge is 2.50. The summed E-state index contributed by atoms with van der Waals surface area (Å²) < 4.78 is 53.8. The average molecular weight is 787 g/mol. The number of imidazole rings is 1. The van der Waals surface area contributed by atoms with Gasteiger partial charge in [0.2, 0.25) is 0 Å². The fraction of sp³-hybridized carbons (Fsp3) is 0.650. The van der Waals surface area contributed by atoms with Crippen LogP contribution in [-0.2, 0) is 23.4 Å². The van der Waals surface area contributed by atoms with Crippen LogP contribution in [0, 0.1) is 18.4 Å². The molecule has 4 rings (SSSR count). The molecule has 3 aromatic rings. The Morgan fingerprint density at radius 3 is 2.25 bits per heavy atom. The van der Waals surface area contributed by atoms with E-state index in [2.05, 4.69) is 39.8 Å². The van der Waals surface area contributed by atoms with E-state index in [9.17, 15) is 18.9 Å². The molecule has 3 heterocycles. The number of esters is 1. The second-order valence-corrected chi connectivity index (χ2v) is 16.2. The molecule has 1 aromatic carbocycles. The number of nitrogens with zero attached hydrogens (tertiary/aromatic N) is 4. The smallest absolute Gasteiger partial charge is 0.459 e. The van der Waals surface area contributed by atoms with Crippen molar-refractivity contribution in [3.8, 4) is 18.1 Å². The number of anilines is 1. The van der Waals surface area contributed by atoms with Gasteiger partial charge in [-0.25, -0.2) is 9.55 Å². The Hall–Kier alpha value is -3.60. The van der Waals surface area contributed by atoms with E-state index in [1.54, 1.807) is 30.3 Å². The number of aliphatic hydroxyl groups excluding tert-OH is 1. The lowest BCUT2D eigenvalue weighted by atomic mass is 9.99. The number of hydrogen-bond acceptors (Lipinski definition) is 11. The van der Waals surface area contributed by atoms with Gasteiger partial charge in [0, 0.05) is 6.42 Å². The molecular formula is C40H60FN6O7P. The molecule has 1 aliphatic rings. The highest BCUT2D eigenvalue weighted by Crippen LogP contribution is 2.48. The zero-order chi connectivity index (χ0) is 39.7. The van der Waals surface area contributed by atoms with Crippen molar-refractivity contribution in [1.29, 1.82) is 0 Å². The van der Waals surface area contributed by atoms with Crippen LogP contribution >= 0.6 is 7.75 Å². The minimum absolute atomic E-state index is 0.0419. The van der Waals surface area contributed by atoms with Crippen LogP contribution in [0.5, 0.6) is 5.75 Å². The number of carbonyl (C=O) groups is 1. The first-order valence-corrected chi connectivity index (χ1v) is 21.5. The summed E-state index contributed by atoms with van der Waals surface area (Å²) in [6.45, 7) is 5.35. The Labute approximate surface area is 325 Å². The number of fused-ring (bicyclic) bond motifs is 1. The molecule has 0 amide bonds. The van der Waals surface area contributed by atoms with E-state index < -0.39 is 50.4 Å². The summed E-state index contributed by atoms with van der Waals surface area (Å²) in [5.41, 5.74) is 4.18. The minimum Gasteiger partial charge on any atom is -0.461 e. The van der Waals surface area contributed by atoms with Crippen molar-refractivity contribution in [2.24, 2.45) is 0 Å². The Balaban J connectivity index is 1.43. The van der Waals surface area contributed by atoms with Crippen molar-refractivity contribution in [1.82, 2.24) is 24.6 Å². The molecular weight excluding hydrogens is 726 g/mol. The second kappa shape index (κ2) is 22.2. The van der Waals surface area contributed by atoms with Crippen molar-refractivity contribution in [2.75, 3.05) is 12.3 Å². The quantitative estimate of drug-likeness (QED) is 0.0233. The Kier molecular flexibility index (Phi) is 17.8. The topological polar surface area (TPSA) is 173 Å². The Bertz CT molecular complexity index is 1690. The summed E-state index contributed by atoms with van der Waals surface area (Å²) in [7, 11) is -4.38. The molecule has 0 aliphatic carbocycles. The van der Waals surface area contributed by atoms with Gasteiger partial charge in [-0.3, -0.25) is 13.9 Å². The number of para-hydroxylation sites is 1. The molecule has 1 aliphatic heterocycles. The molecule has 1 saturated heterocycles. The first-order valence-electron chi connectivity index (χ1n) is 20.0. The Morgan fingerprint density at radius 1 is 1.05 bits per heavy atom. The lowest BCUT2D eigenvalue weighted by Crippen LogP contribution is -2.44. The minimum atomic E-state index is -4.38. The summed E-state index contributed by atoms with van der Waals surface area (Å²) in [5, 5.41) is 13.9. The third-order valence-electron chi connectivity index (χ3n) is 9.95. The molecule has 0 saturated carbocycles. The van der Waals surface area contributed by atoms with Crippen molar-refractivity contribution in [2.45, 2.75) is 160 Å². The van der Waals surface area contributed by atoms with E-state index in [0.717, 1.165) is 51.4 Å². The highest BCUT2D eigenvalue weighted by molar-refractivity contribution is 7.52. The maximum absolute atomic E-state index is 14.4. The number of aliphatic hydroxyl groups is 1. The van der Waals surface area contributed by atoms with E-state index in [0.29, 0.717) is 0 Å². The zero-order valence-corrected chi connectivity index (χ0v) is 33.6. The number of aromatic nitrogens is 4. The summed E-state index contributed by atoms with van der Waals surface area (Å²) in [6, 6.07) is 7.24. The van der Waals surface area contributed by atoms with E-state index in [1.165, 1.54) is 69.2 Å². The van der Waals surface area contributed by atoms with Crippen LogP contribution in [0.4, 0.5) is 10.2 Å². The van der Waals surface area contributed by atoms with E-state index in [1.807, 2.05) is 0 Å². The van der Waals surface area contributed by atoms with Crippen LogP contribution in [0.25, 0.3) is 11.2 Å². The molecule has 0 radical (unpaired) electrons. The van der Waals surface area contributed by atoms with Crippen molar-refractivity contribution in [3.05, 3.63) is 42.7 Å². The van der Waals surface area contributed by atoms with Crippen LogP contribution in [0.15, 0.2) is 36.7 Å². The normalized spacial score (nSPS) is 20.0. The SMILES string of the molecule is C#C[C@]1(COP(=O)(N[C@@H](C)C(=O)OC(CCCCCCCCC)CCCCCCCCC)Oc2ccccc2)O[C@@H](n2cnc3c(N)nc(F)nc32)C[C@@H]1O. The lowest BCUT2D eigenvalue weighted by molar-refractivity contribution is -0.151. The number of hydrogen-bond donors (Lipinski definition) is 3. The molecule has 55 heavy (non-hydrogen) atoms. The maximum atomic E-state index is 14.4. The Morgan fingerprint density at radius 2 is 1.65 bits per heavy atom. The standard InChI is InChI=1S/C40H60FN6O7P/c1-5-8-10-12-14-16-19-23-31(24-20-17-15-13-11-9-6-2)52-38(49)30(4)46-55(50,54-32-25-21-18-22-26-32)51-28-40(7-3)33(48)27-34(53-40)47-29-43-35-36(42)44-39(41)45-37(35)47/h3,18,21-22,25-26,29-31,33-34,48H,5-6,8-17,19-20,23-24,27-28H2,1-2,4H3,(H,46,50)(H2,42,44,45)/t30-,33-,34+,40+,55?/m0/s1. The summed E-state index contributed by atoms with van der Waals surface area (Å²) >= 11 is 0. The molecule has 304 valence electrons. The molecule has 15 heteroatoms. The van der Waals surface area contributed by atoms with Crippen LogP contribution < -0.4 is 15.3 Å². The maximum Gasteiger partial charge on any atom is 0.459 e. The van der Waals surface area contributed by atoms with Crippen LogP contribution in [0.1, 0.15) is 136 Å². The van der Waals surface area contributed by atoms with Gasteiger partial charge < -0.3 is 24.8 Å². The van der Waals surface area contributed by atoms with Gasteiger partial charge in [0.05, 0.1) is 6.33 Å². The molecule has 1 unspecified atom stereocenters. The number of benzene rings is 1. The number of nitrogens with one attached hydrogen (secondary N) is 1. The molecule has 2 aromatic heterocycles. The summed E-state index contributed by atoms with van der Waals surface area (Å²) in [4.78, 5) is 25.0. The lowest BCUT2D eigenvalue weighted by Gasteiger charge is -2.30. The summed E-state index contributed by atoms with van der Waals surface area (Å²) in [6.07, 6.45) is 21.3. The molecule has 0 spiro atoms. The van der Waals surface area contributed by atoms with Crippen LogP contribution in [-0.4, -0.2) is 61.1 Å². The highest BCUT2D eigenvalue weighted by atomic mass is 31.2. The molecule has 0 bridgehead atoms. The monoisotopic (exact) mass is 786 g/mol. The number of carbonyl (C=O) groups excluding carboxylic acids is 1. The number of unbranched alkanes of at least 4 members (excludes halogenated alkanes) is 12. The summed E-state index contributed by atoms with van der Waals surface area (Å²) in [5.74, 6) is 1.91. The molecule has 13 nitrogen and oxygen atoms in total. The predicted molar refractivity (Wildman–Crippen MR) is 210 cm³/mol. The number of halogens is 1. The second-order valence-electron chi connectivity index (χ2n) is 14.5. The predicted octanol–water partition coefficient (Wildman–Crippen LogP) is 8.57. The largest absolute Gasteiger partial charge is 0.461 e. The van der Waals surface area contributed by atoms with Gasteiger partial charge in [0.1, 0.15) is 36.8 Å². The third kappa shape index (κ3) is 13.2. The van der Waals surface area contributed by atoms with E-state index in [-0.39, 0.29) is 35.3 Å². The average Bonchev–Trinajstić information content (AvgIpc) is 3.74. The van der Waals surface area contributed by atoms with Crippen LogP contribution in [0.2, 0.25) is 0 Å². The fourth-order valence-corrected chi connectivity index (χ4v) is 8.23. The van der Waals surface area contributed by atoms with E-state index >= 15 is 0 Å². The number of rotatable bonds is 26. The van der Waals surface area contributed by atoms with Gasteiger partial charge >= 0.3 is 19.8 Å².